The van der Waals surface area contributed by atoms with Crippen LogP contribution in [0.2, 0.25) is 0 Å². The van der Waals surface area contributed by atoms with Gasteiger partial charge in [0.05, 0.1) is 0 Å². The first-order valence-electron chi connectivity index (χ1n) is 4.93. The van der Waals surface area contributed by atoms with Gasteiger partial charge < -0.3 is 4.90 Å². The van der Waals surface area contributed by atoms with Crippen LogP contribution in [0.25, 0.3) is 0 Å². The van der Waals surface area contributed by atoms with E-state index < -0.39 is 6.43 Å². The SMILES string of the molecule is C=CCN(CCC(F)F)c1ccccc1. The molecule has 3 heteroatoms. The summed E-state index contributed by atoms with van der Waals surface area (Å²) in [5.41, 5.74) is 0.957. The van der Waals surface area contributed by atoms with Gasteiger partial charge in [0.1, 0.15) is 0 Å². The van der Waals surface area contributed by atoms with E-state index in [2.05, 4.69) is 6.58 Å². The van der Waals surface area contributed by atoms with Crippen molar-refractivity contribution in [3.63, 3.8) is 0 Å². The third-order valence-corrected chi connectivity index (χ3v) is 2.09. The lowest BCUT2D eigenvalue weighted by Gasteiger charge is -2.23. The molecule has 0 bridgehead atoms. The zero-order valence-electron chi connectivity index (χ0n) is 8.57. The van der Waals surface area contributed by atoms with E-state index in [1.54, 1.807) is 6.08 Å². The summed E-state index contributed by atoms with van der Waals surface area (Å²) in [6.45, 7) is 4.57. The number of benzene rings is 1. The molecule has 0 amide bonds. The van der Waals surface area contributed by atoms with Crippen molar-refractivity contribution in [1.82, 2.24) is 0 Å². The van der Waals surface area contributed by atoms with Crippen LogP contribution in [0, 0.1) is 0 Å². The highest BCUT2D eigenvalue weighted by atomic mass is 19.3. The molecule has 0 aliphatic heterocycles. The average Bonchev–Trinajstić information content (AvgIpc) is 2.25. The first kappa shape index (κ1) is 11.7. The number of hydrogen-bond acceptors (Lipinski definition) is 1. The molecule has 1 aromatic rings. The number of nitrogens with zero attached hydrogens (tertiary/aromatic N) is 1. The van der Waals surface area contributed by atoms with E-state index in [-0.39, 0.29) is 6.42 Å². The molecule has 0 unspecified atom stereocenters. The number of halogens is 2. The topological polar surface area (TPSA) is 3.24 Å². The second kappa shape index (κ2) is 6.17. The van der Waals surface area contributed by atoms with Crippen LogP contribution in [0.15, 0.2) is 43.0 Å². The summed E-state index contributed by atoms with van der Waals surface area (Å²) in [6.07, 6.45) is -0.637. The third-order valence-electron chi connectivity index (χ3n) is 2.09. The van der Waals surface area contributed by atoms with Gasteiger partial charge in [0.2, 0.25) is 6.43 Å². The number of alkyl halides is 2. The minimum Gasteiger partial charge on any atom is -0.368 e. The van der Waals surface area contributed by atoms with Crippen molar-refractivity contribution in [2.45, 2.75) is 12.8 Å². The number of hydrogen-bond donors (Lipinski definition) is 0. The summed E-state index contributed by atoms with van der Waals surface area (Å²) < 4.78 is 24.2. The maximum atomic E-state index is 12.1. The molecule has 1 nitrogen and oxygen atoms in total. The van der Waals surface area contributed by atoms with Crippen LogP contribution in [0.5, 0.6) is 0 Å². The fourth-order valence-corrected chi connectivity index (χ4v) is 1.37. The second-order valence-corrected chi connectivity index (χ2v) is 3.25. The largest absolute Gasteiger partial charge is 0.368 e. The van der Waals surface area contributed by atoms with E-state index in [9.17, 15) is 8.78 Å². The van der Waals surface area contributed by atoms with Crippen LogP contribution < -0.4 is 4.90 Å². The quantitative estimate of drug-likeness (QED) is 0.652. The minimum atomic E-state index is -2.25. The van der Waals surface area contributed by atoms with Crippen LogP contribution in [-0.4, -0.2) is 19.5 Å². The molecule has 0 atom stereocenters. The molecule has 0 aromatic heterocycles. The molecule has 0 radical (unpaired) electrons. The summed E-state index contributed by atoms with van der Waals surface area (Å²) in [4.78, 5) is 1.89. The number of anilines is 1. The van der Waals surface area contributed by atoms with Crippen molar-refractivity contribution in [1.29, 1.82) is 0 Å². The molecule has 0 heterocycles. The lowest BCUT2D eigenvalue weighted by Crippen LogP contribution is -2.25. The van der Waals surface area contributed by atoms with E-state index in [1.165, 1.54) is 0 Å². The van der Waals surface area contributed by atoms with Crippen LogP contribution in [-0.2, 0) is 0 Å². The standard InChI is InChI=1S/C12H15F2N/c1-2-9-15(10-8-12(13)14)11-6-4-3-5-7-11/h2-7,12H,1,8-10H2. The highest BCUT2D eigenvalue weighted by Gasteiger charge is 2.08. The molecule has 15 heavy (non-hydrogen) atoms. The Morgan fingerprint density at radius 1 is 1.27 bits per heavy atom. The molecule has 0 spiro atoms. The highest BCUT2D eigenvalue weighted by molar-refractivity contribution is 5.46. The van der Waals surface area contributed by atoms with Gasteiger partial charge in [-0.05, 0) is 12.1 Å². The molecule has 0 saturated heterocycles. The first-order chi connectivity index (χ1) is 7.24. The normalized spacial score (nSPS) is 10.3. The third kappa shape index (κ3) is 4.11. The monoisotopic (exact) mass is 211 g/mol. The molecular formula is C12H15F2N. The maximum Gasteiger partial charge on any atom is 0.240 e. The van der Waals surface area contributed by atoms with E-state index >= 15 is 0 Å². The number of para-hydroxylation sites is 1. The molecule has 0 aliphatic carbocycles. The van der Waals surface area contributed by atoms with Gasteiger partial charge in [0.15, 0.2) is 0 Å². The maximum absolute atomic E-state index is 12.1. The van der Waals surface area contributed by atoms with E-state index in [1.807, 2.05) is 35.2 Å². The lowest BCUT2D eigenvalue weighted by molar-refractivity contribution is 0.140. The Bertz CT molecular complexity index is 285. The van der Waals surface area contributed by atoms with E-state index in [4.69, 9.17) is 0 Å². The molecule has 0 saturated carbocycles. The highest BCUT2D eigenvalue weighted by Crippen LogP contribution is 2.14. The molecule has 0 fully saturated rings. The van der Waals surface area contributed by atoms with Crippen molar-refractivity contribution < 1.29 is 8.78 Å². The van der Waals surface area contributed by atoms with Gasteiger partial charge in [0, 0.05) is 25.2 Å². The predicted molar refractivity (Wildman–Crippen MR) is 59.5 cm³/mol. The van der Waals surface area contributed by atoms with Gasteiger partial charge >= 0.3 is 0 Å². The summed E-state index contributed by atoms with van der Waals surface area (Å²) >= 11 is 0. The molecule has 0 aliphatic rings. The van der Waals surface area contributed by atoms with Gasteiger partial charge in [-0.1, -0.05) is 24.3 Å². The van der Waals surface area contributed by atoms with E-state index in [0.717, 1.165) is 5.69 Å². The van der Waals surface area contributed by atoms with Crippen LogP contribution in [0.3, 0.4) is 0 Å². The predicted octanol–water partition coefficient (Wildman–Crippen LogP) is 3.33. The Balaban J connectivity index is 2.61. The Labute approximate surface area is 89.0 Å². The van der Waals surface area contributed by atoms with E-state index in [0.29, 0.717) is 13.1 Å². The summed E-state index contributed by atoms with van der Waals surface area (Å²) in [5.74, 6) is 0. The molecule has 1 rings (SSSR count). The molecule has 0 N–H and O–H groups in total. The van der Waals surface area contributed by atoms with Crippen molar-refractivity contribution >= 4 is 5.69 Å². The molecular weight excluding hydrogens is 196 g/mol. The fraction of sp³-hybridized carbons (Fsp3) is 0.333. The van der Waals surface area contributed by atoms with Crippen LogP contribution in [0.1, 0.15) is 6.42 Å². The second-order valence-electron chi connectivity index (χ2n) is 3.25. The Hall–Kier alpha value is -1.38. The zero-order chi connectivity index (χ0) is 11.1. The van der Waals surface area contributed by atoms with Crippen molar-refractivity contribution in [3.05, 3.63) is 43.0 Å². The zero-order valence-corrected chi connectivity index (χ0v) is 8.57. The summed E-state index contributed by atoms with van der Waals surface area (Å²) in [6, 6.07) is 9.52. The van der Waals surface area contributed by atoms with Crippen molar-refractivity contribution in [2.24, 2.45) is 0 Å². The van der Waals surface area contributed by atoms with Gasteiger partial charge in [0.25, 0.3) is 0 Å². The lowest BCUT2D eigenvalue weighted by atomic mass is 10.2. The average molecular weight is 211 g/mol. The Kier molecular flexibility index (Phi) is 4.81. The van der Waals surface area contributed by atoms with Crippen molar-refractivity contribution in [2.75, 3.05) is 18.0 Å². The van der Waals surface area contributed by atoms with Crippen LogP contribution in [0.4, 0.5) is 14.5 Å². The van der Waals surface area contributed by atoms with Gasteiger partial charge in [-0.15, -0.1) is 6.58 Å². The fourth-order valence-electron chi connectivity index (χ4n) is 1.37. The minimum absolute atomic E-state index is 0.108. The Morgan fingerprint density at radius 2 is 1.93 bits per heavy atom. The Morgan fingerprint density at radius 3 is 2.47 bits per heavy atom. The smallest absolute Gasteiger partial charge is 0.240 e. The number of rotatable bonds is 6. The van der Waals surface area contributed by atoms with Gasteiger partial charge in [-0.3, -0.25) is 0 Å². The van der Waals surface area contributed by atoms with Crippen LogP contribution >= 0.6 is 0 Å². The summed E-state index contributed by atoms with van der Waals surface area (Å²) in [5, 5.41) is 0. The van der Waals surface area contributed by atoms with Gasteiger partial charge in [-0.2, -0.15) is 0 Å². The first-order valence-corrected chi connectivity index (χ1v) is 4.93. The van der Waals surface area contributed by atoms with Gasteiger partial charge in [-0.25, -0.2) is 8.78 Å². The molecule has 1 aromatic carbocycles. The summed E-state index contributed by atoms with van der Waals surface area (Å²) in [7, 11) is 0. The van der Waals surface area contributed by atoms with Crippen molar-refractivity contribution in [3.8, 4) is 0 Å². The molecule has 82 valence electrons.